The molecule has 6 nitrogen and oxygen atoms in total. The quantitative estimate of drug-likeness (QED) is 0.897. The van der Waals surface area contributed by atoms with Crippen molar-refractivity contribution in [2.75, 3.05) is 24.3 Å². The lowest BCUT2D eigenvalue weighted by molar-refractivity contribution is -0.115. The molecule has 0 aromatic carbocycles. The molecule has 106 valence electrons. The van der Waals surface area contributed by atoms with E-state index in [1.54, 1.807) is 23.1 Å². The minimum absolute atomic E-state index is 0.0725. The lowest BCUT2D eigenvalue weighted by Crippen LogP contribution is -2.18. The lowest BCUT2D eigenvalue weighted by Gasteiger charge is -2.16. The average Bonchev–Trinajstić information content (AvgIpc) is 2.86. The standard InChI is InChI=1S/C14H19N5O/c1-4-19-10-11(9-16-19)8-13(20)17-12-6-5-7-15-14(12)18(2)3/h5-7,9-10H,4,8H2,1-3H3,(H,17,20). The van der Waals surface area contributed by atoms with Gasteiger partial charge in [0, 0.05) is 33.0 Å². The van der Waals surface area contributed by atoms with Gasteiger partial charge in [0.25, 0.3) is 0 Å². The summed E-state index contributed by atoms with van der Waals surface area (Å²) in [5, 5.41) is 7.04. The summed E-state index contributed by atoms with van der Waals surface area (Å²) >= 11 is 0. The normalized spacial score (nSPS) is 10.3. The second-order valence-electron chi connectivity index (χ2n) is 4.70. The van der Waals surface area contributed by atoms with Gasteiger partial charge < -0.3 is 10.2 Å². The van der Waals surface area contributed by atoms with Gasteiger partial charge >= 0.3 is 0 Å². The summed E-state index contributed by atoms with van der Waals surface area (Å²) in [6.07, 6.45) is 5.62. The fourth-order valence-corrected chi connectivity index (χ4v) is 1.90. The minimum Gasteiger partial charge on any atom is -0.361 e. The molecule has 2 aromatic rings. The van der Waals surface area contributed by atoms with Gasteiger partial charge in [-0.15, -0.1) is 0 Å². The number of carbonyl (C=O) groups is 1. The first kappa shape index (κ1) is 14.0. The van der Waals surface area contributed by atoms with E-state index in [9.17, 15) is 4.79 Å². The van der Waals surface area contributed by atoms with E-state index < -0.39 is 0 Å². The van der Waals surface area contributed by atoms with Crippen LogP contribution in [0.4, 0.5) is 11.5 Å². The second kappa shape index (κ2) is 6.18. The molecule has 0 saturated heterocycles. The van der Waals surface area contributed by atoms with Crippen LogP contribution in [0.25, 0.3) is 0 Å². The van der Waals surface area contributed by atoms with Crippen LogP contribution in [0.2, 0.25) is 0 Å². The number of aryl methyl sites for hydroxylation is 1. The Morgan fingerprint density at radius 3 is 2.90 bits per heavy atom. The van der Waals surface area contributed by atoms with E-state index in [1.807, 2.05) is 38.2 Å². The topological polar surface area (TPSA) is 63.1 Å². The molecule has 0 unspecified atom stereocenters. The minimum atomic E-state index is -0.0725. The smallest absolute Gasteiger partial charge is 0.229 e. The van der Waals surface area contributed by atoms with Gasteiger partial charge in [-0.05, 0) is 24.6 Å². The zero-order valence-corrected chi connectivity index (χ0v) is 12.0. The first-order valence-electron chi connectivity index (χ1n) is 6.53. The van der Waals surface area contributed by atoms with E-state index in [0.717, 1.165) is 17.9 Å². The predicted molar refractivity (Wildman–Crippen MR) is 78.8 cm³/mol. The molecule has 0 spiro atoms. The molecule has 0 aliphatic carbocycles. The highest BCUT2D eigenvalue weighted by atomic mass is 16.1. The maximum Gasteiger partial charge on any atom is 0.229 e. The molecule has 0 bridgehead atoms. The molecule has 0 radical (unpaired) electrons. The van der Waals surface area contributed by atoms with Crippen LogP contribution < -0.4 is 10.2 Å². The van der Waals surface area contributed by atoms with Gasteiger partial charge in [-0.2, -0.15) is 5.10 Å². The number of rotatable bonds is 5. The van der Waals surface area contributed by atoms with Crippen molar-refractivity contribution < 1.29 is 4.79 Å². The van der Waals surface area contributed by atoms with Gasteiger partial charge in [-0.1, -0.05) is 0 Å². The number of carbonyl (C=O) groups excluding carboxylic acids is 1. The Balaban J connectivity index is 2.04. The summed E-state index contributed by atoms with van der Waals surface area (Å²) in [5.74, 6) is 0.668. The number of hydrogen-bond acceptors (Lipinski definition) is 4. The fraction of sp³-hybridized carbons (Fsp3) is 0.357. The molecule has 2 heterocycles. The van der Waals surface area contributed by atoms with Crippen molar-refractivity contribution in [3.05, 3.63) is 36.3 Å². The van der Waals surface area contributed by atoms with E-state index in [-0.39, 0.29) is 5.91 Å². The van der Waals surface area contributed by atoms with E-state index in [0.29, 0.717) is 12.1 Å². The zero-order valence-electron chi connectivity index (χ0n) is 12.0. The van der Waals surface area contributed by atoms with Crippen molar-refractivity contribution >= 4 is 17.4 Å². The number of hydrogen-bond donors (Lipinski definition) is 1. The Labute approximate surface area is 118 Å². The number of pyridine rings is 1. The van der Waals surface area contributed by atoms with E-state index in [4.69, 9.17) is 0 Å². The summed E-state index contributed by atoms with van der Waals surface area (Å²) in [4.78, 5) is 18.2. The molecule has 0 atom stereocenters. The molecule has 2 rings (SSSR count). The molecular weight excluding hydrogens is 254 g/mol. The molecule has 1 amide bonds. The predicted octanol–water partition coefficient (Wildman–Crippen LogP) is 1.55. The highest BCUT2D eigenvalue weighted by Crippen LogP contribution is 2.20. The van der Waals surface area contributed by atoms with E-state index in [1.165, 1.54) is 0 Å². The average molecular weight is 273 g/mol. The van der Waals surface area contributed by atoms with Gasteiger partial charge in [0.2, 0.25) is 5.91 Å². The summed E-state index contributed by atoms with van der Waals surface area (Å²) in [5.41, 5.74) is 1.62. The maximum absolute atomic E-state index is 12.1. The van der Waals surface area contributed by atoms with Crippen LogP contribution in [0.15, 0.2) is 30.7 Å². The highest BCUT2D eigenvalue weighted by Gasteiger charge is 2.10. The monoisotopic (exact) mass is 273 g/mol. The molecule has 20 heavy (non-hydrogen) atoms. The van der Waals surface area contributed by atoms with Gasteiger partial charge in [0.15, 0.2) is 5.82 Å². The summed E-state index contributed by atoms with van der Waals surface area (Å²) in [6, 6.07) is 3.65. The van der Waals surface area contributed by atoms with Gasteiger partial charge in [0.1, 0.15) is 0 Å². The van der Waals surface area contributed by atoms with Crippen LogP contribution in [0, 0.1) is 0 Å². The van der Waals surface area contributed by atoms with Crippen LogP contribution in [-0.2, 0) is 17.8 Å². The van der Waals surface area contributed by atoms with Gasteiger partial charge in [0.05, 0.1) is 18.3 Å². The van der Waals surface area contributed by atoms with Crippen molar-refractivity contribution in [1.29, 1.82) is 0 Å². The fourth-order valence-electron chi connectivity index (χ4n) is 1.90. The highest BCUT2D eigenvalue weighted by molar-refractivity contribution is 5.94. The SMILES string of the molecule is CCn1cc(CC(=O)Nc2cccnc2N(C)C)cn1. The first-order valence-corrected chi connectivity index (χ1v) is 6.53. The van der Waals surface area contributed by atoms with Crippen molar-refractivity contribution in [2.45, 2.75) is 19.9 Å². The van der Waals surface area contributed by atoms with Crippen LogP contribution >= 0.6 is 0 Å². The van der Waals surface area contributed by atoms with Crippen LogP contribution in [-0.4, -0.2) is 34.8 Å². The molecule has 2 aromatic heterocycles. The number of nitrogens with zero attached hydrogens (tertiary/aromatic N) is 4. The molecule has 0 fully saturated rings. The van der Waals surface area contributed by atoms with Crippen molar-refractivity contribution in [3.63, 3.8) is 0 Å². The Morgan fingerprint density at radius 2 is 2.25 bits per heavy atom. The summed E-state index contributed by atoms with van der Waals surface area (Å²) < 4.78 is 1.80. The molecule has 6 heteroatoms. The van der Waals surface area contributed by atoms with Gasteiger partial charge in [-0.25, -0.2) is 4.98 Å². The second-order valence-corrected chi connectivity index (χ2v) is 4.70. The van der Waals surface area contributed by atoms with Crippen LogP contribution in [0.3, 0.4) is 0 Å². The number of aromatic nitrogens is 3. The van der Waals surface area contributed by atoms with Crippen LogP contribution in [0.5, 0.6) is 0 Å². The molecule has 0 aliphatic rings. The lowest BCUT2D eigenvalue weighted by atomic mass is 10.2. The zero-order chi connectivity index (χ0) is 14.5. The maximum atomic E-state index is 12.1. The Bertz CT molecular complexity index is 591. The first-order chi connectivity index (χ1) is 9.60. The van der Waals surface area contributed by atoms with Crippen molar-refractivity contribution in [1.82, 2.24) is 14.8 Å². The molecule has 0 saturated carbocycles. The molecule has 1 N–H and O–H groups in total. The van der Waals surface area contributed by atoms with Crippen molar-refractivity contribution in [2.24, 2.45) is 0 Å². The Hall–Kier alpha value is -2.37. The Morgan fingerprint density at radius 1 is 1.45 bits per heavy atom. The third-order valence-electron chi connectivity index (χ3n) is 2.86. The largest absolute Gasteiger partial charge is 0.361 e. The molecule has 0 aliphatic heterocycles. The van der Waals surface area contributed by atoms with E-state index >= 15 is 0 Å². The molecular formula is C14H19N5O. The van der Waals surface area contributed by atoms with Gasteiger partial charge in [-0.3, -0.25) is 9.48 Å². The third-order valence-corrected chi connectivity index (χ3v) is 2.86. The van der Waals surface area contributed by atoms with E-state index in [2.05, 4.69) is 15.4 Å². The van der Waals surface area contributed by atoms with Crippen LogP contribution in [0.1, 0.15) is 12.5 Å². The number of amides is 1. The summed E-state index contributed by atoms with van der Waals surface area (Å²) in [6.45, 7) is 2.81. The van der Waals surface area contributed by atoms with Crippen molar-refractivity contribution in [3.8, 4) is 0 Å². The third kappa shape index (κ3) is 3.34. The number of anilines is 2. The Kier molecular flexibility index (Phi) is 4.34. The summed E-state index contributed by atoms with van der Waals surface area (Å²) in [7, 11) is 3.78. The number of nitrogens with one attached hydrogen (secondary N) is 1.